The number of nitrogens with one attached hydrogen (secondary N) is 2. The van der Waals surface area contributed by atoms with Gasteiger partial charge in [0, 0.05) is 18.3 Å². The molecule has 20 heavy (non-hydrogen) atoms. The van der Waals surface area contributed by atoms with Crippen molar-refractivity contribution in [2.45, 2.75) is 13.8 Å². The molecule has 102 valence electrons. The highest BCUT2D eigenvalue weighted by Crippen LogP contribution is 2.29. The van der Waals surface area contributed by atoms with E-state index in [1.165, 1.54) is 14.0 Å². The quantitative estimate of drug-likeness (QED) is 0.818. The van der Waals surface area contributed by atoms with Crippen LogP contribution in [0.15, 0.2) is 29.5 Å². The fourth-order valence-electron chi connectivity index (χ4n) is 1.54. The number of amides is 1. The van der Waals surface area contributed by atoms with Gasteiger partial charge in [-0.15, -0.1) is 0 Å². The number of anilines is 2. The molecule has 6 heteroatoms. The van der Waals surface area contributed by atoms with Crippen LogP contribution in [-0.4, -0.2) is 13.0 Å². The molecule has 0 radical (unpaired) electrons. The Morgan fingerprint density at radius 2 is 1.85 bits per heavy atom. The van der Waals surface area contributed by atoms with Crippen molar-refractivity contribution in [3.63, 3.8) is 0 Å². The Labute approximate surface area is 117 Å². The predicted molar refractivity (Wildman–Crippen MR) is 74.8 cm³/mol. The second-order valence-corrected chi connectivity index (χ2v) is 3.94. The number of carbonyl (C=O) groups is 1. The molecular weight excluding hydrogens is 256 g/mol. The summed E-state index contributed by atoms with van der Waals surface area (Å²) in [6, 6.07) is 8.64. The van der Waals surface area contributed by atoms with Crippen LogP contribution in [0.4, 0.5) is 11.4 Å². The molecule has 0 spiro atoms. The summed E-state index contributed by atoms with van der Waals surface area (Å²) in [5, 5.41) is 23.2. The minimum absolute atomic E-state index is 0.0167. The molecular formula is C14H14N4O2. The van der Waals surface area contributed by atoms with E-state index in [-0.39, 0.29) is 11.5 Å². The van der Waals surface area contributed by atoms with Gasteiger partial charge in [0.05, 0.1) is 12.8 Å². The van der Waals surface area contributed by atoms with Gasteiger partial charge in [0.25, 0.3) is 0 Å². The number of benzene rings is 1. The number of hydrogen-bond donors (Lipinski definition) is 2. The third kappa shape index (κ3) is 3.76. The summed E-state index contributed by atoms with van der Waals surface area (Å²) >= 11 is 0. The molecule has 0 aliphatic carbocycles. The Bertz CT molecular complexity index is 620. The molecule has 0 saturated carbocycles. The minimum atomic E-state index is -0.192. The van der Waals surface area contributed by atoms with Gasteiger partial charge in [0.1, 0.15) is 23.5 Å². The zero-order chi connectivity index (χ0) is 15.1. The largest absolute Gasteiger partial charge is 0.495 e. The summed E-state index contributed by atoms with van der Waals surface area (Å²) < 4.78 is 5.19. The van der Waals surface area contributed by atoms with Crippen LogP contribution >= 0.6 is 0 Å². The van der Waals surface area contributed by atoms with Gasteiger partial charge in [0.15, 0.2) is 0 Å². The summed E-state index contributed by atoms with van der Waals surface area (Å²) in [5.74, 6) is 0.344. The lowest BCUT2D eigenvalue weighted by Crippen LogP contribution is -2.07. The Balaban J connectivity index is 3.16. The van der Waals surface area contributed by atoms with Crippen molar-refractivity contribution in [2.24, 2.45) is 0 Å². The number of ether oxygens (including phenoxy) is 1. The molecule has 0 atom stereocenters. The van der Waals surface area contributed by atoms with E-state index in [4.69, 9.17) is 15.3 Å². The smallest absolute Gasteiger partial charge is 0.221 e. The van der Waals surface area contributed by atoms with Crippen LogP contribution in [0.2, 0.25) is 0 Å². The molecule has 0 fully saturated rings. The average molecular weight is 270 g/mol. The first-order chi connectivity index (χ1) is 9.51. The number of nitriles is 2. The molecule has 0 unspecified atom stereocenters. The number of nitrogens with zero attached hydrogens (tertiary/aromatic N) is 2. The molecule has 1 aromatic carbocycles. The normalized spacial score (nSPS) is 8.85. The van der Waals surface area contributed by atoms with Crippen LogP contribution in [0.5, 0.6) is 5.75 Å². The first kappa shape index (κ1) is 15.1. The summed E-state index contributed by atoms with van der Waals surface area (Å²) in [5.41, 5.74) is 1.54. The summed E-state index contributed by atoms with van der Waals surface area (Å²) in [7, 11) is 1.51. The van der Waals surface area contributed by atoms with Gasteiger partial charge in [-0.3, -0.25) is 4.79 Å². The van der Waals surface area contributed by atoms with Crippen molar-refractivity contribution in [1.29, 1.82) is 10.5 Å². The van der Waals surface area contributed by atoms with Gasteiger partial charge in [-0.05, 0) is 25.1 Å². The lowest BCUT2D eigenvalue weighted by Gasteiger charge is -2.13. The van der Waals surface area contributed by atoms with Crippen LogP contribution in [-0.2, 0) is 4.79 Å². The van der Waals surface area contributed by atoms with Crippen molar-refractivity contribution >= 4 is 17.3 Å². The maximum Gasteiger partial charge on any atom is 0.221 e. The van der Waals surface area contributed by atoms with Crippen molar-refractivity contribution in [3.05, 3.63) is 29.5 Å². The number of methoxy groups -OCH3 is 1. The maximum absolute atomic E-state index is 11.0. The molecule has 6 nitrogen and oxygen atoms in total. The van der Waals surface area contributed by atoms with Gasteiger partial charge in [-0.1, -0.05) is 0 Å². The SMILES string of the molecule is COc1ccc(NC(C)=O)cc1NC(C)=C(C#N)C#N. The standard InChI is InChI=1S/C14H14N4O2/c1-9(11(7-15)8-16)17-13-6-12(18-10(2)19)4-5-14(13)20-3/h4-6,17H,1-3H3,(H,18,19). The molecule has 1 rings (SSSR count). The van der Waals surface area contributed by atoms with Crippen molar-refractivity contribution in [3.8, 4) is 17.9 Å². The van der Waals surface area contributed by atoms with E-state index in [1.807, 2.05) is 0 Å². The Kier molecular flexibility index (Phi) is 5.13. The van der Waals surface area contributed by atoms with Gasteiger partial charge >= 0.3 is 0 Å². The van der Waals surface area contributed by atoms with Crippen molar-refractivity contribution in [2.75, 3.05) is 17.7 Å². The number of rotatable bonds is 4. The molecule has 0 aliphatic heterocycles. The zero-order valence-electron chi connectivity index (χ0n) is 11.4. The highest BCUT2D eigenvalue weighted by Gasteiger charge is 2.08. The monoisotopic (exact) mass is 270 g/mol. The van der Waals surface area contributed by atoms with E-state index >= 15 is 0 Å². The molecule has 0 heterocycles. The average Bonchev–Trinajstić information content (AvgIpc) is 2.39. The topological polar surface area (TPSA) is 97.9 Å². The van der Waals surface area contributed by atoms with Crippen LogP contribution in [0.1, 0.15) is 13.8 Å². The fraction of sp³-hybridized carbons (Fsp3) is 0.214. The second-order valence-electron chi connectivity index (χ2n) is 3.94. The van der Waals surface area contributed by atoms with E-state index in [1.54, 1.807) is 37.3 Å². The minimum Gasteiger partial charge on any atom is -0.495 e. The maximum atomic E-state index is 11.0. The summed E-state index contributed by atoms with van der Waals surface area (Å²) in [6.07, 6.45) is 0. The van der Waals surface area contributed by atoms with Crippen LogP contribution in [0, 0.1) is 22.7 Å². The molecule has 0 bridgehead atoms. The molecule has 1 amide bonds. The first-order valence-corrected chi connectivity index (χ1v) is 5.75. The fourth-order valence-corrected chi connectivity index (χ4v) is 1.54. The molecule has 0 aliphatic rings. The van der Waals surface area contributed by atoms with E-state index in [9.17, 15) is 4.79 Å². The Morgan fingerprint density at radius 1 is 1.20 bits per heavy atom. The Hall–Kier alpha value is -2.99. The third-order valence-electron chi connectivity index (χ3n) is 2.44. The van der Waals surface area contributed by atoms with Crippen molar-refractivity contribution < 1.29 is 9.53 Å². The number of hydrogen-bond acceptors (Lipinski definition) is 5. The highest BCUT2D eigenvalue weighted by molar-refractivity contribution is 5.89. The van der Waals surface area contributed by atoms with Crippen LogP contribution in [0.3, 0.4) is 0 Å². The van der Waals surface area contributed by atoms with Gasteiger partial charge in [-0.2, -0.15) is 10.5 Å². The molecule has 1 aromatic rings. The lowest BCUT2D eigenvalue weighted by atomic mass is 10.2. The zero-order valence-corrected chi connectivity index (χ0v) is 11.4. The van der Waals surface area contributed by atoms with Crippen LogP contribution < -0.4 is 15.4 Å². The van der Waals surface area contributed by atoms with Gasteiger partial charge < -0.3 is 15.4 Å². The van der Waals surface area contributed by atoms with Crippen molar-refractivity contribution in [1.82, 2.24) is 0 Å². The van der Waals surface area contributed by atoms with Gasteiger partial charge in [-0.25, -0.2) is 0 Å². The van der Waals surface area contributed by atoms with E-state index < -0.39 is 0 Å². The molecule has 0 saturated heterocycles. The van der Waals surface area contributed by atoms with E-state index in [0.717, 1.165) is 0 Å². The van der Waals surface area contributed by atoms with Gasteiger partial charge in [0.2, 0.25) is 5.91 Å². The Morgan fingerprint density at radius 3 is 2.35 bits per heavy atom. The predicted octanol–water partition coefficient (Wildman–Crippen LogP) is 2.39. The van der Waals surface area contributed by atoms with Crippen LogP contribution in [0.25, 0.3) is 0 Å². The lowest BCUT2D eigenvalue weighted by molar-refractivity contribution is -0.114. The van der Waals surface area contributed by atoms with E-state index in [2.05, 4.69) is 10.6 Å². The summed E-state index contributed by atoms with van der Waals surface area (Å²) in [6.45, 7) is 3.03. The molecule has 2 N–H and O–H groups in total. The molecule has 0 aromatic heterocycles. The first-order valence-electron chi connectivity index (χ1n) is 5.75. The second kappa shape index (κ2) is 6.81. The summed E-state index contributed by atoms with van der Waals surface area (Å²) in [4.78, 5) is 11.0. The number of carbonyl (C=O) groups excluding carboxylic acids is 1. The van der Waals surface area contributed by atoms with E-state index in [0.29, 0.717) is 22.8 Å². The third-order valence-corrected chi connectivity index (χ3v) is 2.44. The highest BCUT2D eigenvalue weighted by atomic mass is 16.5. The number of allylic oxidation sites excluding steroid dienone is 2.